The van der Waals surface area contributed by atoms with Gasteiger partial charge in [0, 0.05) is 40.0 Å². The Labute approximate surface area is 555 Å². The summed E-state index contributed by atoms with van der Waals surface area (Å²) in [4.78, 5) is 77.8. The largest absolute Gasteiger partial charge is 0.481 e. The highest BCUT2D eigenvalue weighted by Gasteiger charge is 2.61. The van der Waals surface area contributed by atoms with Crippen molar-refractivity contribution in [2.24, 2.45) is 16.2 Å². The number of β-lactam (4-membered cyclic amide) rings is 2. The third kappa shape index (κ3) is 19.1. The molecule has 0 aliphatic carbocycles. The third-order valence-electron chi connectivity index (χ3n) is 19.6. The van der Waals surface area contributed by atoms with Crippen LogP contribution < -0.4 is 5.32 Å². The number of hydrogen-bond acceptors (Lipinski definition) is 11. The fourth-order valence-corrected chi connectivity index (χ4v) is 10.3. The molecule has 8 rings (SSSR count). The fraction of sp³-hybridized carbons (Fsp3) is 0.462. The number of carbonyl (C=O) groups excluding carboxylic acids is 5. The number of hydrogen-bond donors (Lipinski definition) is 2. The van der Waals surface area contributed by atoms with Crippen LogP contribution >= 0.6 is 0 Å². The van der Waals surface area contributed by atoms with Gasteiger partial charge in [-0.1, -0.05) is 189 Å². The second-order valence-electron chi connectivity index (χ2n) is 27.3. The van der Waals surface area contributed by atoms with Gasteiger partial charge < -0.3 is 43.9 Å². The Morgan fingerprint density at radius 1 is 0.441 bits per heavy atom. The fourth-order valence-electron chi connectivity index (χ4n) is 10.3. The van der Waals surface area contributed by atoms with Crippen LogP contribution in [0.25, 0.3) is 0 Å². The van der Waals surface area contributed by atoms with Gasteiger partial charge in [-0.3, -0.25) is 28.8 Å². The van der Waals surface area contributed by atoms with Crippen molar-refractivity contribution in [1.82, 2.24) is 15.1 Å². The molecule has 0 radical (unpaired) electrons. The zero-order valence-corrected chi connectivity index (χ0v) is 59.4. The van der Waals surface area contributed by atoms with Crippen molar-refractivity contribution in [3.63, 3.8) is 0 Å². The van der Waals surface area contributed by atoms with Crippen LogP contribution in [0.1, 0.15) is 151 Å². The summed E-state index contributed by atoms with van der Waals surface area (Å²) in [6, 6.07) is 59.5. The van der Waals surface area contributed by atoms with E-state index in [1.807, 2.05) is 265 Å². The lowest BCUT2D eigenvalue weighted by molar-refractivity contribution is -0.177. The minimum atomic E-state index is -1.01. The maximum Gasteiger partial charge on any atom is 0.313 e. The van der Waals surface area contributed by atoms with Crippen molar-refractivity contribution in [3.05, 3.63) is 215 Å². The summed E-state index contributed by atoms with van der Waals surface area (Å²) >= 11 is 0. The lowest BCUT2D eigenvalue weighted by atomic mass is 9.66. The number of amides is 3. The molecule has 2 aliphatic heterocycles. The predicted molar refractivity (Wildman–Crippen MR) is 370 cm³/mol. The van der Waals surface area contributed by atoms with Crippen LogP contribution in [0.2, 0.25) is 0 Å². The molecule has 15 heteroatoms. The summed E-state index contributed by atoms with van der Waals surface area (Å²) < 4.78 is 24.6. The molecule has 506 valence electrons. The van der Waals surface area contributed by atoms with E-state index in [1.165, 1.54) is 30.9 Å². The molecule has 0 bridgehead atoms. The van der Waals surface area contributed by atoms with Crippen molar-refractivity contribution in [2.75, 3.05) is 48.6 Å². The molecule has 2 saturated heterocycles. The number of methoxy groups -OCH3 is 5. The van der Waals surface area contributed by atoms with Crippen molar-refractivity contribution >= 4 is 35.6 Å². The molecule has 2 aliphatic rings. The molecule has 15 nitrogen and oxygen atoms in total. The summed E-state index contributed by atoms with van der Waals surface area (Å²) in [5, 5.41) is 12.5. The molecule has 0 aromatic heterocycles. The molecule has 2 fully saturated rings. The van der Waals surface area contributed by atoms with E-state index in [0.717, 1.165) is 16.7 Å². The van der Waals surface area contributed by atoms with Crippen molar-refractivity contribution in [2.45, 2.75) is 170 Å². The van der Waals surface area contributed by atoms with Crippen molar-refractivity contribution in [1.29, 1.82) is 0 Å². The number of carboxylic acid groups (broad SMARTS) is 1. The Kier molecular flexibility index (Phi) is 29.2. The smallest absolute Gasteiger partial charge is 0.313 e. The molecule has 3 atom stereocenters. The highest BCUT2D eigenvalue weighted by molar-refractivity contribution is 5.96. The molecule has 3 amide bonds. The van der Waals surface area contributed by atoms with E-state index in [0.29, 0.717) is 39.3 Å². The number of ether oxygens (including phenoxy) is 5. The van der Waals surface area contributed by atoms with Gasteiger partial charge in [0.2, 0.25) is 17.7 Å². The second-order valence-corrected chi connectivity index (χ2v) is 27.3. The van der Waals surface area contributed by atoms with Gasteiger partial charge in [0.15, 0.2) is 0 Å². The number of rotatable bonds is 20. The molecular weight excluding hydrogens is 1170 g/mol. The Morgan fingerprint density at radius 3 is 0.989 bits per heavy atom. The van der Waals surface area contributed by atoms with Gasteiger partial charge in [0.25, 0.3) is 0 Å². The predicted octanol–water partition coefficient (Wildman–Crippen LogP) is 14.4. The van der Waals surface area contributed by atoms with E-state index in [9.17, 15) is 33.9 Å². The quantitative estimate of drug-likeness (QED) is 0.0545. The van der Waals surface area contributed by atoms with Crippen LogP contribution in [0.15, 0.2) is 182 Å². The van der Waals surface area contributed by atoms with Gasteiger partial charge in [0.1, 0.15) is 0 Å². The van der Waals surface area contributed by atoms with Crippen LogP contribution in [-0.2, 0) is 88.5 Å². The first-order valence-corrected chi connectivity index (χ1v) is 31.6. The van der Waals surface area contributed by atoms with E-state index in [1.54, 1.807) is 58.8 Å². The Bertz CT molecular complexity index is 3180. The van der Waals surface area contributed by atoms with Gasteiger partial charge in [0.05, 0.1) is 77.6 Å². The van der Waals surface area contributed by atoms with E-state index in [-0.39, 0.29) is 29.7 Å². The summed E-state index contributed by atoms with van der Waals surface area (Å²) in [7, 11) is 7.85. The Morgan fingerprint density at radius 2 is 0.720 bits per heavy atom. The van der Waals surface area contributed by atoms with Gasteiger partial charge in [-0.15, -0.1) is 0 Å². The van der Waals surface area contributed by atoms with Gasteiger partial charge >= 0.3 is 17.9 Å². The lowest BCUT2D eigenvalue weighted by Crippen LogP contribution is -2.72. The molecule has 3 unspecified atom stereocenters. The maximum atomic E-state index is 13.0. The maximum absolute atomic E-state index is 13.0. The average molecular weight is 1280 g/mol. The lowest BCUT2D eigenvalue weighted by Gasteiger charge is -2.58. The van der Waals surface area contributed by atoms with Gasteiger partial charge in [-0.2, -0.15) is 0 Å². The van der Waals surface area contributed by atoms with Gasteiger partial charge in [-0.25, -0.2) is 0 Å². The molecule has 0 spiro atoms. The first-order chi connectivity index (χ1) is 43.5. The van der Waals surface area contributed by atoms with Crippen molar-refractivity contribution in [3.8, 4) is 0 Å². The minimum Gasteiger partial charge on any atom is -0.481 e. The van der Waals surface area contributed by atoms with Crippen LogP contribution in [0.3, 0.4) is 0 Å². The monoisotopic (exact) mass is 1280 g/mol. The topological polar surface area (TPSA) is 187 Å². The number of carboxylic acids is 1. The van der Waals surface area contributed by atoms with Crippen LogP contribution in [0, 0.1) is 16.2 Å². The molecular formula is C78H107N3O12. The highest BCUT2D eigenvalue weighted by Crippen LogP contribution is 2.48. The van der Waals surface area contributed by atoms with E-state index >= 15 is 0 Å². The number of likely N-dealkylation sites (tertiary alicyclic amines) is 2. The number of esters is 2. The normalized spacial score (nSPS) is 16.8. The first kappa shape index (κ1) is 79.3. The molecule has 93 heavy (non-hydrogen) atoms. The van der Waals surface area contributed by atoms with E-state index in [4.69, 9.17) is 23.7 Å². The first-order valence-electron chi connectivity index (χ1n) is 31.6. The van der Waals surface area contributed by atoms with E-state index in [2.05, 4.69) is 5.32 Å². The van der Waals surface area contributed by atoms with Gasteiger partial charge in [-0.05, 0) is 144 Å². The number of benzene rings is 6. The van der Waals surface area contributed by atoms with Crippen molar-refractivity contribution < 1.29 is 57.6 Å². The molecule has 2 N–H and O–H groups in total. The zero-order valence-electron chi connectivity index (χ0n) is 59.4. The Balaban J connectivity index is 0.000000304. The summed E-state index contributed by atoms with van der Waals surface area (Å²) in [5.41, 5.74) is 0.171. The molecule has 6 aromatic rings. The standard InChI is InChI=1S/C19H29NO3.C18H25NO3.C17H23NO3.3C8H10O/c1-8-19(6,14-12-10-9-11-13-14)15(21)20-18(4,5)17(2,3)16(22)23-7;1-16(2,15(21)22-6)17(3,4)19-12-18(5,14(19)20)13-10-8-7-9-11-13;1-15(2,14(20)21)16(3,4)18-11-17(5,13(18)19)12-9-7-6-8-10-12;3*1-9-7-8-5-3-2-4-6-8/h9-13H,8H2,1-7H3,(H,20,21);7-11H,12H2,1-6H3;6-10H,11H2,1-5H3,(H,20,21);3*2-6H,7H2,1H3. The minimum absolute atomic E-state index is 0.00646. The highest BCUT2D eigenvalue weighted by atomic mass is 16.5. The molecule has 6 aromatic carbocycles. The van der Waals surface area contributed by atoms with Crippen LogP contribution in [0.4, 0.5) is 0 Å². The molecule has 2 heterocycles. The zero-order chi connectivity index (χ0) is 70.3. The molecule has 0 saturated carbocycles. The summed E-state index contributed by atoms with van der Waals surface area (Å²) in [6.07, 6.45) is 0.664. The number of nitrogens with zero attached hydrogens (tertiary/aromatic N) is 2. The summed E-state index contributed by atoms with van der Waals surface area (Å²) in [5.74, 6) is -1.59. The Hall–Kier alpha value is -7.98. The second kappa shape index (κ2) is 34.3. The van der Waals surface area contributed by atoms with Crippen LogP contribution in [-0.4, -0.2) is 116 Å². The third-order valence-corrected chi connectivity index (χ3v) is 19.6. The SMILES string of the molecule is CC1(c2ccccc2)CN(C(C)(C)C(C)(C)C(=O)O)C1=O.CCC(C)(C(=O)NC(C)(C)C(C)(C)C(=O)OC)c1ccccc1.COC(=O)C(C)(C)C(C)(C)N1CC(C)(c2ccccc2)C1=O.COCc1ccccc1.COCc1ccccc1.COCc1ccccc1. The van der Waals surface area contributed by atoms with E-state index < -0.39 is 55.1 Å². The summed E-state index contributed by atoms with van der Waals surface area (Å²) in [6.45, 7) is 32.8. The average Bonchev–Trinajstić information content (AvgIpc) is 0.723. The number of nitrogens with one attached hydrogen (secondary N) is 1. The van der Waals surface area contributed by atoms with Crippen LogP contribution in [0.5, 0.6) is 0 Å². The number of carbonyl (C=O) groups is 6. The number of aliphatic carboxylic acids is 1.